The zero-order valence-corrected chi connectivity index (χ0v) is 16.2. The van der Waals surface area contributed by atoms with E-state index in [0.717, 1.165) is 18.9 Å². The van der Waals surface area contributed by atoms with Gasteiger partial charge in [0.15, 0.2) is 0 Å². The summed E-state index contributed by atoms with van der Waals surface area (Å²) in [7, 11) is 0. The number of rotatable bonds is 9. The van der Waals surface area contributed by atoms with Crippen LogP contribution >= 0.6 is 23.1 Å². The van der Waals surface area contributed by atoms with Crippen molar-refractivity contribution in [3.05, 3.63) is 16.1 Å². The molecule has 2 nitrogen and oxygen atoms in total. The first-order valence-electron chi connectivity index (χ1n) is 8.09. The SMILES string of the molecule is CCCNC(CSCC(C)C)Cc1nc(C(C)(C)C)cs1. The van der Waals surface area contributed by atoms with E-state index in [9.17, 15) is 0 Å². The number of thiazole rings is 1. The van der Waals surface area contributed by atoms with Crippen LogP contribution in [0.25, 0.3) is 0 Å². The number of hydrogen-bond acceptors (Lipinski definition) is 4. The van der Waals surface area contributed by atoms with Gasteiger partial charge in [-0.05, 0) is 24.6 Å². The van der Waals surface area contributed by atoms with Crippen LogP contribution in [0.1, 0.15) is 58.7 Å². The zero-order valence-electron chi connectivity index (χ0n) is 14.5. The molecule has 0 amide bonds. The molecule has 0 aromatic carbocycles. The number of nitrogens with zero attached hydrogens (tertiary/aromatic N) is 1. The van der Waals surface area contributed by atoms with Crippen LogP contribution in [-0.2, 0) is 11.8 Å². The molecule has 4 heteroatoms. The van der Waals surface area contributed by atoms with Gasteiger partial charge in [-0.25, -0.2) is 4.98 Å². The highest BCUT2D eigenvalue weighted by Gasteiger charge is 2.19. The first kappa shape index (κ1) is 19.0. The molecule has 21 heavy (non-hydrogen) atoms. The Morgan fingerprint density at radius 2 is 2.00 bits per heavy atom. The van der Waals surface area contributed by atoms with Gasteiger partial charge < -0.3 is 5.32 Å². The van der Waals surface area contributed by atoms with Crippen molar-refractivity contribution in [2.45, 2.75) is 65.8 Å². The Bertz CT molecular complexity index is 394. The van der Waals surface area contributed by atoms with Crippen LogP contribution in [0.4, 0.5) is 0 Å². The third kappa shape index (κ3) is 7.66. The highest BCUT2D eigenvalue weighted by molar-refractivity contribution is 7.99. The monoisotopic (exact) mass is 328 g/mol. The highest BCUT2D eigenvalue weighted by Crippen LogP contribution is 2.24. The lowest BCUT2D eigenvalue weighted by atomic mass is 9.93. The van der Waals surface area contributed by atoms with Crippen molar-refractivity contribution in [3.63, 3.8) is 0 Å². The van der Waals surface area contributed by atoms with Crippen molar-refractivity contribution in [2.24, 2.45) is 5.92 Å². The van der Waals surface area contributed by atoms with Crippen LogP contribution in [0.5, 0.6) is 0 Å². The van der Waals surface area contributed by atoms with E-state index >= 15 is 0 Å². The summed E-state index contributed by atoms with van der Waals surface area (Å²) in [4.78, 5) is 4.84. The Labute approximate surface area is 139 Å². The minimum absolute atomic E-state index is 0.160. The van der Waals surface area contributed by atoms with E-state index in [4.69, 9.17) is 4.98 Å². The fourth-order valence-electron chi connectivity index (χ4n) is 1.94. The zero-order chi connectivity index (χ0) is 15.9. The molecule has 0 aliphatic heterocycles. The van der Waals surface area contributed by atoms with Crippen molar-refractivity contribution < 1.29 is 0 Å². The summed E-state index contributed by atoms with van der Waals surface area (Å²) in [6.45, 7) is 14.6. The van der Waals surface area contributed by atoms with Gasteiger partial charge >= 0.3 is 0 Å². The minimum atomic E-state index is 0.160. The lowest BCUT2D eigenvalue weighted by Gasteiger charge is -2.18. The maximum Gasteiger partial charge on any atom is 0.0944 e. The van der Waals surface area contributed by atoms with Crippen molar-refractivity contribution in [1.29, 1.82) is 0 Å². The second-order valence-electron chi connectivity index (χ2n) is 7.16. The summed E-state index contributed by atoms with van der Waals surface area (Å²) in [5.41, 5.74) is 1.39. The average molecular weight is 329 g/mol. The molecule has 0 bridgehead atoms. The lowest BCUT2D eigenvalue weighted by Crippen LogP contribution is -2.34. The summed E-state index contributed by atoms with van der Waals surface area (Å²) < 4.78 is 0. The molecule has 1 rings (SSSR count). The van der Waals surface area contributed by atoms with Crippen molar-refractivity contribution in [3.8, 4) is 0 Å². The van der Waals surface area contributed by atoms with Crippen molar-refractivity contribution >= 4 is 23.1 Å². The van der Waals surface area contributed by atoms with E-state index in [0.29, 0.717) is 6.04 Å². The largest absolute Gasteiger partial charge is 0.313 e. The number of thioether (sulfide) groups is 1. The van der Waals surface area contributed by atoms with Crippen LogP contribution in [0.15, 0.2) is 5.38 Å². The molecule has 0 spiro atoms. The third-order valence-corrected chi connectivity index (χ3v) is 5.61. The molecule has 0 aliphatic rings. The molecule has 0 radical (unpaired) electrons. The molecule has 1 N–H and O–H groups in total. The molecule has 0 aliphatic carbocycles. The lowest BCUT2D eigenvalue weighted by molar-refractivity contribution is 0.540. The summed E-state index contributed by atoms with van der Waals surface area (Å²) >= 11 is 3.88. The fourth-order valence-corrected chi connectivity index (χ4v) is 4.17. The second kappa shape index (κ2) is 9.16. The first-order valence-corrected chi connectivity index (χ1v) is 10.1. The fraction of sp³-hybridized carbons (Fsp3) is 0.824. The van der Waals surface area contributed by atoms with E-state index in [1.807, 2.05) is 11.3 Å². The summed E-state index contributed by atoms with van der Waals surface area (Å²) in [6.07, 6.45) is 2.25. The quantitative estimate of drug-likeness (QED) is 0.708. The van der Waals surface area contributed by atoms with E-state index in [1.54, 1.807) is 0 Å². The maximum atomic E-state index is 4.84. The predicted molar refractivity (Wildman–Crippen MR) is 98.8 cm³/mol. The Morgan fingerprint density at radius 3 is 2.52 bits per heavy atom. The Kier molecular flexibility index (Phi) is 8.28. The average Bonchev–Trinajstić information content (AvgIpc) is 2.83. The molecule has 0 fully saturated rings. The Hall–Kier alpha value is -0.0600. The van der Waals surface area contributed by atoms with E-state index in [-0.39, 0.29) is 5.41 Å². The van der Waals surface area contributed by atoms with E-state index < -0.39 is 0 Å². The number of hydrogen-bond donors (Lipinski definition) is 1. The second-order valence-corrected chi connectivity index (χ2v) is 9.18. The minimum Gasteiger partial charge on any atom is -0.313 e. The topological polar surface area (TPSA) is 24.9 Å². The van der Waals surface area contributed by atoms with Gasteiger partial charge in [-0.1, -0.05) is 41.5 Å². The van der Waals surface area contributed by atoms with E-state index in [2.05, 4.69) is 64.0 Å². The van der Waals surface area contributed by atoms with Gasteiger partial charge in [0.2, 0.25) is 0 Å². The van der Waals surface area contributed by atoms with Crippen LogP contribution in [0.2, 0.25) is 0 Å². The predicted octanol–water partition coefficient (Wildman–Crippen LogP) is 4.74. The number of nitrogens with one attached hydrogen (secondary N) is 1. The Balaban J connectivity index is 2.56. The summed E-state index contributed by atoms with van der Waals surface area (Å²) in [5, 5.41) is 7.19. The third-order valence-electron chi connectivity index (χ3n) is 3.19. The molecule has 1 atom stereocenters. The van der Waals surface area contributed by atoms with Gasteiger partial charge in [-0.2, -0.15) is 11.8 Å². The molecule has 122 valence electrons. The summed E-state index contributed by atoms with van der Waals surface area (Å²) in [5.74, 6) is 3.20. The molecule has 1 heterocycles. The van der Waals surface area contributed by atoms with Gasteiger partial charge in [-0.3, -0.25) is 0 Å². The van der Waals surface area contributed by atoms with Gasteiger partial charge in [0, 0.05) is 29.0 Å². The molecular formula is C17H32N2S2. The number of aromatic nitrogens is 1. The van der Waals surface area contributed by atoms with Crippen LogP contribution in [0, 0.1) is 5.92 Å². The standard InChI is InChI=1S/C17H32N2S2/c1-7-8-18-14(11-20-10-13(2)3)9-16-19-15(12-21-16)17(4,5)6/h12-14,18H,7-11H2,1-6H3. The van der Waals surface area contributed by atoms with Crippen molar-refractivity contribution in [2.75, 3.05) is 18.1 Å². The van der Waals surface area contributed by atoms with Crippen LogP contribution in [-0.4, -0.2) is 29.1 Å². The van der Waals surface area contributed by atoms with Crippen LogP contribution < -0.4 is 5.32 Å². The highest BCUT2D eigenvalue weighted by atomic mass is 32.2. The van der Waals surface area contributed by atoms with Gasteiger partial charge in [0.1, 0.15) is 0 Å². The Morgan fingerprint density at radius 1 is 1.29 bits per heavy atom. The van der Waals surface area contributed by atoms with Gasteiger partial charge in [0.25, 0.3) is 0 Å². The first-order chi connectivity index (χ1) is 9.82. The normalized spacial score (nSPS) is 13.9. The molecule has 1 aromatic rings. The van der Waals surface area contributed by atoms with Crippen LogP contribution in [0.3, 0.4) is 0 Å². The van der Waals surface area contributed by atoms with Gasteiger partial charge in [0.05, 0.1) is 10.7 Å². The molecular weight excluding hydrogens is 296 g/mol. The van der Waals surface area contributed by atoms with Gasteiger partial charge in [-0.15, -0.1) is 11.3 Å². The molecule has 1 unspecified atom stereocenters. The smallest absolute Gasteiger partial charge is 0.0944 e. The summed E-state index contributed by atoms with van der Waals surface area (Å²) in [6, 6.07) is 0.549. The van der Waals surface area contributed by atoms with Crippen molar-refractivity contribution in [1.82, 2.24) is 10.3 Å². The van der Waals surface area contributed by atoms with E-state index in [1.165, 1.54) is 28.6 Å². The molecule has 1 aromatic heterocycles. The molecule has 0 saturated heterocycles. The maximum absolute atomic E-state index is 4.84. The molecule has 0 saturated carbocycles.